The lowest BCUT2D eigenvalue weighted by Crippen LogP contribution is -2.43. The molecule has 0 spiro atoms. The molecule has 0 bridgehead atoms. The van der Waals surface area contributed by atoms with Crippen molar-refractivity contribution < 1.29 is 23.8 Å². The van der Waals surface area contributed by atoms with Gasteiger partial charge in [0.25, 0.3) is 0 Å². The highest BCUT2D eigenvalue weighted by Gasteiger charge is 2.37. The van der Waals surface area contributed by atoms with Crippen LogP contribution in [0, 0.1) is 0 Å². The maximum atomic E-state index is 13.2. The van der Waals surface area contributed by atoms with Crippen LogP contribution in [-0.4, -0.2) is 44.5 Å². The van der Waals surface area contributed by atoms with Crippen molar-refractivity contribution in [3.05, 3.63) is 54.1 Å². The first-order valence-corrected chi connectivity index (χ1v) is 10.1. The highest BCUT2D eigenvalue weighted by molar-refractivity contribution is 6.38. The minimum Gasteiger partial charge on any atom is -0.493 e. The van der Waals surface area contributed by atoms with Gasteiger partial charge in [-0.1, -0.05) is 24.3 Å². The fourth-order valence-electron chi connectivity index (χ4n) is 3.39. The summed E-state index contributed by atoms with van der Waals surface area (Å²) in [6.07, 6.45) is 0.165. The largest absolute Gasteiger partial charge is 0.493 e. The van der Waals surface area contributed by atoms with E-state index in [-0.39, 0.29) is 30.7 Å². The molecular weight excluding hydrogens is 398 g/mol. The van der Waals surface area contributed by atoms with Crippen molar-refractivity contribution in [1.29, 1.82) is 0 Å². The number of esters is 1. The predicted molar refractivity (Wildman–Crippen MR) is 117 cm³/mol. The van der Waals surface area contributed by atoms with Crippen molar-refractivity contribution in [2.45, 2.75) is 32.4 Å². The fraction of sp³-hybridized carbons (Fsp3) is 0.348. The molecule has 1 aliphatic rings. The summed E-state index contributed by atoms with van der Waals surface area (Å²) >= 11 is 0. The van der Waals surface area contributed by atoms with E-state index in [0.717, 1.165) is 11.3 Å². The topological polar surface area (TPSA) is 89.5 Å². The van der Waals surface area contributed by atoms with Crippen LogP contribution in [0.25, 0.3) is 0 Å². The minimum absolute atomic E-state index is 0.165. The number of ether oxygens (including phenoxy) is 3. The Kier molecular flexibility index (Phi) is 7.12. The van der Waals surface area contributed by atoms with Gasteiger partial charge in [0.15, 0.2) is 11.5 Å². The summed E-state index contributed by atoms with van der Waals surface area (Å²) in [4.78, 5) is 25.4. The summed E-state index contributed by atoms with van der Waals surface area (Å²) in [7, 11) is 3.14. The number of nitrogens with zero attached hydrogens (tertiary/aromatic N) is 2. The number of anilines is 1. The lowest BCUT2D eigenvalue weighted by atomic mass is 10.1. The standard InChI is InChI=1S/C23H27N3O5/c1-5-31-23(28)18-14-19(26(25-18)17-9-7-6-8-10-17)22(27)24-15(2)16-11-12-20(29-3)21(13-16)30-4/h6-13,15,19H,5,14H2,1-4H3,(H,24,27). The summed E-state index contributed by atoms with van der Waals surface area (Å²) in [5, 5.41) is 8.98. The van der Waals surface area contributed by atoms with E-state index in [1.54, 1.807) is 32.2 Å². The van der Waals surface area contributed by atoms with E-state index in [1.165, 1.54) is 0 Å². The Bertz CT molecular complexity index is 961. The van der Waals surface area contributed by atoms with Gasteiger partial charge in [-0.3, -0.25) is 9.80 Å². The van der Waals surface area contributed by atoms with Crippen molar-refractivity contribution in [1.82, 2.24) is 5.32 Å². The molecular formula is C23H27N3O5. The molecule has 0 aromatic heterocycles. The van der Waals surface area contributed by atoms with Crippen LogP contribution in [0.4, 0.5) is 5.69 Å². The molecule has 3 rings (SSSR count). The molecule has 0 saturated carbocycles. The van der Waals surface area contributed by atoms with Gasteiger partial charge in [0.05, 0.1) is 32.6 Å². The number of para-hydroxylation sites is 1. The van der Waals surface area contributed by atoms with Gasteiger partial charge >= 0.3 is 5.97 Å². The van der Waals surface area contributed by atoms with Crippen LogP contribution in [-0.2, 0) is 14.3 Å². The zero-order valence-corrected chi connectivity index (χ0v) is 18.1. The van der Waals surface area contributed by atoms with Crippen LogP contribution >= 0.6 is 0 Å². The Labute approximate surface area is 181 Å². The van der Waals surface area contributed by atoms with E-state index in [2.05, 4.69) is 10.4 Å². The van der Waals surface area contributed by atoms with E-state index < -0.39 is 12.0 Å². The molecule has 0 saturated heterocycles. The molecule has 164 valence electrons. The highest BCUT2D eigenvalue weighted by Crippen LogP contribution is 2.30. The predicted octanol–water partition coefficient (Wildman–Crippen LogP) is 3.08. The summed E-state index contributed by atoms with van der Waals surface area (Å²) < 4.78 is 15.7. The van der Waals surface area contributed by atoms with Gasteiger partial charge in [-0.05, 0) is 43.7 Å². The molecule has 1 heterocycles. The molecule has 2 atom stereocenters. The van der Waals surface area contributed by atoms with E-state index in [9.17, 15) is 9.59 Å². The third kappa shape index (κ3) is 4.96. The number of amides is 1. The van der Waals surface area contributed by atoms with Crippen LogP contribution in [0.3, 0.4) is 0 Å². The molecule has 2 unspecified atom stereocenters. The second-order valence-corrected chi connectivity index (χ2v) is 7.01. The van der Waals surface area contributed by atoms with Crippen LogP contribution in [0.15, 0.2) is 53.6 Å². The van der Waals surface area contributed by atoms with Crippen molar-refractivity contribution >= 4 is 23.3 Å². The van der Waals surface area contributed by atoms with E-state index in [4.69, 9.17) is 14.2 Å². The molecule has 8 nitrogen and oxygen atoms in total. The summed E-state index contributed by atoms with van der Waals surface area (Å²) in [5.74, 6) is 0.449. The van der Waals surface area contributed by atoms with Gasteiger partial charge in [0.1, 0.15) is 11.8 Å². The first kappa shape index (κ1) is 22.1. The normalized spacial score (nSPS) is 16.3. The Morgan fingerprint density at radius 1 is 1.13 bits per heavy atom. The van der Waals surface area contributed by atoms with Crippen LogP contribution in [0.1, 0.15) is 31.9 Å². The molecule has 1 amide bonds. The molecule has 0 aliphatic carbocycles. The third-order valence-electron chi connectivity index (χ3n) is 5.01. The number of benzene rings is 2. The Hall–Kier alpha value is -3.55. The monoisotopic (exact) mass is 425 g/mol. The molecule has 8 heteroatoms. The first-order valence-electron chi connectivity index (χ1n) is 10.1. The van der Waals surface area contributed by atoms with Crippen LogP contribution in [0.5, 0.6) is 11.5 Å². The van der Waals surface area contributed by atoms with Gasteiger partial charge < -0.3 is 19.5 Å². The summed E-state index contributed by atoms with van der Waals surface area (Å²) in [6, 6.07) is 13.8. The van der Waals surface area contributed by atoms with Crippen molar-refractivity contribution in [3.63, 3.8) is 0 Å². The first-order chi connectivity index (χ1) is 15.0. The summed E-state index contributed by atoms with van der Waals surface area (Å²) in [5.41, 5.74) is 1.81. The van der Waals surface area contributed by atoms with E-state index >= 15 is 0 Å². The maximum Gasteiger partial charge on any atom is 0.354 e. The lowest BCUT2D eigenvalue weighted by Gasteiger charge is -2.25. The number of methoxy groups -OCH3 is 2. The second-order valence-electron chi connectivity index (χ2n) is 7.01. The van der Waals surface area contributed by atoms with Crippen molar-refractivity contribution in [3.8, 4) is 11.5 Å². The van der Waals surface area contributed by atoms with Gasteiger partial charge in [-0.2, -0.15) is 5.10 Å². The average molecular weight is 425 g/mol. The number of hydrogen-bond acceptors (Lipinski definition) is 7. The lowest BCUT2D eigenvalue weighted by molar-refractivity contribution is -0.135. The van der Waals surface area contributed by atoms with Crippen LogP contribution in [0.2, 0.25) is 0 Å². The zero-order valence-electron chi connectivity index (χ0n) is 18.1. The number of rotatable bonds is 8. The van der Waals surface area contributed by atoms with Crippen LogP contribution < -0.4 is 19.8 Å². The van der Waals surface area contributed by atoms with Crippen molar-refractivity contribution in [2.24, 2.45) is 5.10 Å². The molecule has 1 aliphatic heterocycles. The van der Waals surface area contributed by atoms with Gasteiger partial charge in [-0.15, -0.1) is 0 Å². The molecule has 2 aromatic rings. The number of nitrogens with one attached hydrogen (secondary N) is 1. The molecule has 0 radical (unpaired) electrons. The van der Waals surface area contributed by atoms with Crippen molar-refractivity contribution in [2.75, 3.05) is 25.8 Å². The number of hydrazone groups is 1. The minimum atomic E-state index is -0.663. The molecule has 2 aromatic carbocycles. The quantitative estimate of drug-likeness (QED) is 0.654. The van der Waals surface area contributed by atoms with Gasteiger partial charge in [0.2, 0.25) is 5.91 Å². The van der Waals surface area contributed by atoms with Gasteiger partial charge in [-0.25, -0.2) is 4.79 Å². The molecule has 1 N–H and O–H groups in total. The number of carbonyl (C=O) groups is 2. The third-order valence-corrected chi connectivity index (χ3v) is 5.01. The fourth-order valence-corrected chi connectivity index (χ4v) is 3.39. The highest BCUT2D eigenvalue weighted by atomic mass is 16.5. The zero-order chi connectivity index (χ0) is 22.4. The molecule has 31 heavy (non-hydrogen) atoms. The SMILES string of the molecule is CCOC(=O)C1=NN(c2ccccc2)C(C(=O)NC(C)c2ccc(OC)c(OC)c2)C1. The summed E-state index contributed by atoms with van der Waals surface area (Å²) in [6.45, 7) is 3.86. The Balaban J connectivity index is 1.79. The van der Waals surface area contributed by atoms with E-state index in [1.807, 2.05) is 49.4 Å². The Morgan fingerprint density at radius 2 is 1.84 bits per heavy atom. The number of hydrogen-bond donors (Lipinski definition) is 1. The second kappa shape index (κ2) is 9.97. The van der Waals surface area contributed by atoms with E-state index in [0.29, 0.717) is 11.5 Å². The number of carbonyl (C=O) groups excluding carboxylic acids is 2. The maximum absolute atomic E-state index is 13.2. The van der Waals surface area contributed by atoms with Gasteiger partial charge in [0, 0.05) is 6.42 Å². The smallest absolute Gasteiger partial charge is 0.354 e. The Morgan fingerprint density at radius 3 is 2.48 bits per heavy atom. The average Bonchev–Trinajstić information content (AvgIpc) is 3.25. The molecule has 0 fully saturated rings.